The highest BCUT2D eigenvalue weighted by atomic mass is 16.6. The summed E-state index contributed by atoms with van der Waals surface area (Å²) < 4.78 is 19.3. The van der Waals surface area contributed by atoms with Crippen molar-refractivity contribution < 1.29 is 48.4 Å². The summed E-state index contributed by atoms with van der Waals surface area (Å²) >= 11 is 0. The first-order chi connectivity index (χ1) is 33.6. The van der Waals surface area contributed by atoms with Gasteiger partial charge in [-0.1, -0.05) is 70.7 Å². The Balaban J connectivity index is 1.34. The molecule has 2 fully saturated rings. The minimum absolute atomic E-state index is 0.0671. The maximum Gasteiger partial charge on any atom is 0.410 e. The van der Waals surface area contributed by atoms with E-state index in [9.17, 15) is 39.4 Å². The SMILES string of the molecule is C=CC(=O)N1CCC(OC(=O)N(C)[C@H](C(=O)N[C@H]2Cc3cc(O)cc(c3)-c3ccc4c(c3)c(c(-c3ccccc3CCOC)n4C(C)(C)C#N)CC(C)(C)COC(=O)[C@@]3(O)CCCN(N3)C2=O)C(C)C)C1. The van der Waals surface area contributed by atoms with Gasteiger partial charge >= 0.3 is 12.1 Å². The van der Waals surface area contributed by atoms with E-state index in [4.69, 9.17) is 14.2 Å². The van der Waals surface area contributed by atoms with Crippen LogP contribution in [0.4, 0.5) is 4.79 Å². The zero-order chi connectivity index (χ0) is 51.6. The number of esters is 1. The third kappa shape index (κ3) is 11.1. The lowest BCUT2D eigenvalue weighted by atomic mass is 9.83. The first kappa shape index (κ1) is 52.1. The fourth-order valence-corrected chi connectivity index (χ4v) is 10.1. The number of carbonyl (C=O) groups is 5. The Morgan fingerprint density at radius 3 is 2.55 bits per heavy atom. The number of likely N-dealkylation sites (tertiary alicyclic amines) is 1. The summed E-state index contributed by atoms with van der Waals surface area (Å²) in [5.74, 6) is -3.20. The molecule has 4 atom stereocenters. The Morgan fingerprint density at radius 2 is 1.85 bits per heavy atom. The van der Waals surface area contributed by atoms with Crippen LogP contribution in [0.5, 0.6) is 5.75 Å². The van der Waals surface area contributed by atoms with Gasteiger partial charge in [0.25, 0.3) is 5.91 Å². The van der Waals surface area contributed by atoms with Crippen molar-refractivity contribution in [3.63, 3.8) is 0 Å². The number of nitrogens with one attached hydrogen (secondary N) is 2. The molecule has 6 bridgehead atoms. The van der Waals surface area contributed by atoms with Gasteiger partial charge in [-0.15, -0.1) is 0 Å². The number of aromatic hydroxyl groups is 1. The van der Waals surface area contributed by atoms with Crippen LogP contribution in [0.1, 0.15) is 77.5 Å². The molecule has 71 heavy (non-hydrogen) atoms. The number of hydrogen-bond acceptors (Lipinski definition) is 12. The minimum Gasteiger partial charge on any atom is -0.508 e. The van der Waals surface area contributed by atoms with Crippen LogP contribution in [0, 0.1) is 22.7 Å². The molecule has 1 aromatic heterocycles. The van der Waals surface area contributed by atoms with Gasteiger partial charge in [-0.05, 0) is 97.2 Å². The van der Waals surface area contributed by atoms with E-state index in [0.29, 0.717) is 43.5 Å². The van der Waals surface area contributed by atoms with Crippen molar-refractivity contribution in [1.82, 2.24) is 30.1 Å². The van der Waals surface area contributed by atoms with Crippen LogP contribution in [0.2, 0.25) is 0 Å². The van der Waals surface area contributed by atoms with Crippen molar-refractivity contribution >= 4 is 40.7 Å². The average Bonchev–Trinajstić information content (AvgIpc) is 3.93. The third-order valence-corrected chi connectivity index (χ3v) is 13.7. The van der Waals surface area contributed by atoms with Gasteiger partial charge in [0.1, 0.15) is 29.5 Å². The molecule has 0 aliphatic carbocycles. The van der Waals surface area contributed by atoms with Crippen molar-refractivity contribution in [2.24, 2.45) is 11.3 Å². The Morgan fingerprint density at radius 1 is 1.10 bits per heavy atom. The Labute approximate surface area is 415 Å². The molecule has 3 aliphatic rings. The number of nitriles is 1. The second-order valence-corrected chi connectivity index (χ2v) is 20.7. The Bertz CT molecular complexity index is 2760. The van der Waals surface area contributed by atoms with Gasteiger partial charge in [0.15, 0.2) is 0 Å². The average molecular weight is 974 g/mol. The fraction of sp³-hybridized carbons (Fsp3) is 0.481. The lowest BCUT2D eigenvalue weighted by Crippen LogP contribution is -2.67. The van der Waals surface area contributed by atoms with Crippen LogP contribution in [0.25, 0.3) is 33.3 Å². The number of amides is 4. The number of carbonyl (C=O) groups excluding carboxylic acids is 5. The number of likely N-dealkylation sites (N-methyl/N-ethyl adjacent to an activating group) is 1. The van der Waals surface area contributed by atoms with Crippen LogP contribution >= 0.6 is 0 Å². The quantitative estimate of drug-likeness (QED) is 0.101. The number of ether oxygens (including phenoxy) is 3. The molecule has 3 aromatic carbocycles. The standard InChI is InChI=1S/C54H67N7O10/c1-10-45(63)59-22-18-39(30-59)71-51(67)58(8)46(33(2)3)48(64)56-43-26-34-24-37(27-38(62)25-34)36-16-17-44-41(28-36)42(29-52(4,5)32-70-50(66)54(68)20-13-21-60(57-54)49(43)65)47(61(44)53(6,7)31-55)40-15-12-11-14-35(40)19-23-69-9/h10-12,14-17,24-25,27-28,33,39,43,46,57,62,68H,1,13,18-23,26,29-30,32H2,2-9H3,(H,56,64)/t39?,43-,46-,54-/m0/s1. The molecular weight excluding hydrogens is 907 g/mol. The number of benzene rings is 3. The molecule has 4 aromatic rings. The molecule has 2 saturated heterocycles. The molecule has 1 unspecified atom stereocenters. The summed E-state index contributed by atoms with van der Waals surface area (Å²) in [6.07, 6.45) is 1.16. The van der Waals surface area contributed by atoms with Gasteiger partial charge in [-0.2, -0.15) is 10.7 Å². The first-order valence-corrected chi connectivity index (χ1v) is 24.2. The highest BCUT2D eigenvalue weighted by Crippen LogP contribution is 2.44. The van der Waals surface area contributed by atoms with Crippen LogP contribution < -0.4 is 10.7 Å². The summed E-state index contributed by atoms with van der Waals surface area (Å²) in [6, 6.07) is 18.9. The molecule has 4 amide bonds. The van der Waals surface area contributed by atoms with Crippen LogP contribution in [-0.4, -0.2) is 130 Å². The predicted octanol–water partition coefficient (Wildman–Crippen LogP) is 5.98. The molecular formula is C54H67N7O10. The fourth-order valence-electron chi connectivity index (χ4n) is 10.1. The van der Waals surface area contributed by atoms with Crippen LogP contribution in [-0.2, 0) is 58.2 Å². The van der Waals surface area contributed by atoms with E-state index >= 15 is 0 Å². The number of fused-ring (bicyclic) bond motifs is 6. The number of aromatic nitrogens is 1. The lowest BCUT2D eigenvalue weighted by Gasteiger charge is -2.40. The summed E-state index contributed by atoms with van der Waals surface area (Å²) in [6.45, 7) is 15.6. The van der Waals surface area contributed by atoms with Gasteiger partial charge in [0.2, 0.25) is 17.5 Å². The van der Waals surface area contributed by atoms with Gasteiger partial charge in [-0.3, -0.25) is 24.3 Å². The van der Waals surface area contributed by atoms with Crippen molar-refractivity contribution in [1.29, 1.82) is 5.26 Å². The van der Waals surface area contributed by atoms with E-state index in [1.54, 1.807) is 27.0 Å². The second kappa shape index (κ2) is 20.9. The molecule has 0 spiro atoms. The van der Waals surface area contributed by atoms with Gasteiger partial charge in [-0.25, -0.2) is 9.59 Å². The highest BCUT2D eigenvalue weighted by Gasteiger charge is 2.46. The molecule has 17 nitrogen and oxygen atoms in total. The van der Waals surface area contributed by atoms with Gasteiger partial charge in [0.05, 0.1) is 37.0 Å². The van der Waals surface area contributed by atoms with E-state index in [2.05, 4.69) is 28.0 Å². The monoisotopic (exact) mass is 973 g/mol. The lowest BCUT2D eigenvalue weighted by molar-refractivity contribution is -0.189. The largest absolute Gasteiger partial charge is 0.508 e. The number of cyclic esters (lactones) is 1. The molecule has 378 valence electrons. The molecule has 0 saturated carbocycles. The summed E-state index contributed by atoms with van der Waals surface area (Å²) in [5, 5.41) is 38.9. The number of nitrogens with zero attached hydrogens (tertiary/aromatic N) is 5. The van der Waals surface area contributed by atoms with Crippen LogP contribution in [0.3, 0.4) is 0 Å². The number of phenols is 1. The van der Waals surface area contributed by atoms with Gasteiger partial charge in [0, 0.05) is 62.9 Å². The second-order valence-electron chi connectivity index (χ2n) is 20.7. The molecule has 7 rings (SSSR count). The first-order valence-electron chi connectivity index (χ1n) is 24.2. The van der Waals surface area contributed by atoms with E-state index in [0.717, 1.165) is 43.9 Å². The molecule has 4 N–H and O–H groups in total. The van der Waals surface area contributed by atoms with E-state index in [1.165, 1.54) is 29.0 Å². The van der Waals surface area contributed by atoms with Crippen molar-refractivity contribution in [3.8, 4) is 34.2 Å². The topological polar surface area (TPSA) is 216 Å². The Kier molecular flexibility index (Phi) is 15.4. The summed E-state index contributed by atoms with van der Waals surface area (Å²) in [7, 11) is 3.09. The number of rotatable bonds is 11. The third-order valence-electron chi connectivity index (χ3n) is 13.7. The zero-order valence-electron chi connectivity index (χ0n) is 42.0. The minimum atomic E-state index is -2.31. The number of phenolic OH excluding ortho intramolecular Hbond substituents is 1. The molecule has 4 heterocycles. The van der Waals surface area contributed by atoms with E-state index in [1.807, 2.05) is 76.2 Å². The summed E-state index contributed by atoms with van der Waals surface area (Å²) in [4.78, 5) is 71.9. The van der Waals surface area contributed by atoms with Crippen molar-refractivity contribution in [2.45, 2.75) is 110 Å². The van der Waals surface area contributed by atoms with E-state index in [-0.39, 0.29) is 50.6 Å². The van der Waals surface area contributed by atoms with Crippen molar-refractivity contribution in [3.05, 3.63) is 90.0 Å². The number of hydrogen-bond donors (Lipinski definition) is 4. The zero-order valence-corrected chi connectivity index (χ0v) is 42.0. The molecule has 3 aliphatic heterocycles. The maximum atomic E-state index is 14.8. The maximum absolute atomic E-state index is 14.8. The number of hydrazine groups is 1. The smallest absolute Gasteiger partial charge is 0.410 e. The molecule has 17 heteroatoms. The van der Waals surface area contributed by atoms with E-state index < -0.39 is 64.7 Å². The summed E-state index contributed by atoms with van der Waals surface area (Å²) in [5.41, 5.74) is 4.85. The molecule has 0 radical (unpaired) electrons. The number of aliphatic hydroxyl groups is 1. The predicted molar refractivity (Wildman–Crippen MR) is 266 cm³/mol. The normalized spacial score (nSPS) is 21.0. The van der Waals surface area contributed by atoms with Crippen molar-refractivity contribution in [2.75, 3.05) is 47.0 Å². The van der Waals surface area contributed by atoms with Gasteiger partial charge < -0.3 is 39.2 Å². The number of methoxy groups -OCH3 is 1. The van der Waals surface area contributed by atoms with Crippen LogP contribution in [0.15, 0.2) is 73.3 Å². The highest BCUT2D eigenvalue weighted by molar-refractivity contribution is 5.96. The Hall–Kier alpha value is -6.74.